The van der Waals surface area contributed by atoms with Gasteiger partial charge in [0, 0.05) is 29.5 Å². The lowest BCUT2D eigenvalue weighted by atomic mass is 10.1. The van der Waals surface area contributed by atoms with E-state index in [0.29, 0.717) is 4.77 Å². The van der Waals surface area contributed by atoms with Crippen LogP contribution < -0.4 is 0 Å². The zero-order valence-electron chi connectivity index (χ0n) is 11.2. The van der Waals surface area contributed by atoms with Crippen LogP contribution in [-0.2, 0) is 13.0 Å². The molecule has 0 radical (unpaired) electrons. The first-order valence-corrected chi connectivity index (χ1v) is 7.33. The highest BCUT2D eigenvalue weighted by Crippen LogP contribution is 2.17. The normalized spacial score (nSPS) is 10.7. The number of hydrogen-bond acceptors (Lipinski definition) is 3. The second kappa shape index (κ2) is 6.20. The first-order valence-electron chi connectivity index (χ1n) is 6.54. The molecular formula is C15H13ClN4S. The molecule has 106 valence electrons. The third-order valence-corrected chi connectivity index (χ3v) is 3.80. The number of aromatic nitrogens is 4. The number of rotatable bonds is 4. The number of aromatic amines is 1. The van der Waals surface area contributed by atoms with Crippen molar-refractivity contribution in [3.05, 3.63) is 64.1 Å². The van der Waals surface area contributed by atoms with Gasteiger partial charge in [-0.15, -0.1) is 0 Å². The van der Waals surface area contributed by atoms with Gasteiger partial charge >= 0.3 is 0 Å². The van der Waals surface area contributed by atoms with Gasteiger partial charge in [-0.25, -0.2) is 0 Å². The molecule has 0 amide bonds. The minimum atomic E-state index is 0.621. The molecule has 0 spiro atoms. The van der Waals surface area contributed by atoms with E-state index in [-0.39, 0.29) is 0 Å². The van der Waals surface area contributed by atoms with Crippen molar-refractivity contribution in [3.63, 3.8) is 0 Å². The van der Waals surface area contributed by atoms with Crippen molar-refractivity contribution >= 4 is 23.8 Å². The van der Waals surface area contributed by atoms with Crippen LogP contribution in [0.3, 0.4) is 0 Å². The Balaban J connectivity index is 1.84. The van der Waals surface area contributed by atoms with E-state index in [4.69, 9.17) is 23.8 Å². The second-order valence-corrected chi connectivity index (χ2v) is 5.44. The van der Waals surface area contributed by atoms with Gasteiger partial charge in [-0.2, -0.15) is 5.10 Å². The molecule has 3 rings (SSSR count). The molecule has 0 saturated carbocycles. The van der Waals surface area contributed by atoms with Crippen LogP contribution in [0.25, 0.3) is 11.4 Å². The minimum absolute atomic E-state index is 0.621. The molecule has 0 bridgehead atoms. The Hall–Kier alpha value is -1.98. The quantitative estimate of drug-likeness (QED) is 0.743. The van der Waals surface area contributed by atoms with Crippen molar-refractivity contribution in [1.82, 2.24) is 19.7 Å². The molecule has 6 heteroatoms. The van der Waals surface area contributed by atoms with E-state index in [1.165, 1.54) is 5.56 Å². The molecule has 0 saturated heterocycles. The number of nitrogens with zero attached hydrogens (tertiary/aromatic N) is 3. The molecular weight excluding hydrogens is 304 g/mol. The zero-order valence-corrected chi connectivity index (χ0v) is 12.7. The molecule has 3 aromatic rings. The number of H-pyrrole nitrogens is 1. The van der Waals surface area contributed by atoms with Crippen molar-refractivity contribution in [2.24, 2.45) is 0 Å². The molecule has 21 heavy (non-hydrogen) atoms. The van der Waals surface area contributed by atoms with Gasteiger partial charge in [-0.1, -0.05) is 23.7 Å². The fourth-order valence-corrected chi connectivity index (χ4v) is 2.49. The number of benzene rings is 1. The van der Waals surface area contributed by atoms with Crippen LogP contribution in [0.4, 0.5) is 0 Å². The fraction of sp³-hybridized carbons (Fsp3) is 0.133. The molecule has 0 aliphatic heterocycles. The molecule has 2 heterocycles. The maximum Gasteiger partial charge on any atom is 0.195 e. The van der Waals surface area contributed by atoms with Gasteiger partial charge < -0.3 is 0 Å². The largest absolute Gasteiger partial charge is 0.300 e. The predicted molar refractivity (Wildman–Crippen MR) is 85.8 cm³/mol. The van der Waals surface area contributed by atoms with Crippen molar-refractivity contribution < 1.29 is 0 Å². The third kappa shape index (κ3) is 3.20. The van der Waals surface area contributed by atoms with Crippen molar-refractivity contribution in [2.45, 2.75) is 13.0 Å². The van der Waals surface area contributed by atoms with Crippen molar-refractivity contribution in [1.29, 1.82) is 0 Å². The van der Waals surface area contributed by atoms with Crippen LogP contribution >= 0.6 is 23.8 Å². The van der Waals surface area contributed by atoms with Gasteiger partial charge in [-0.3, -0.25) is 14.6 Å². The summed E-state index contributed by atoms with van der Waals surface area (Å²) in [7, 11) is 0. The summed E-state index contributed by atoms with van der Waals surface area (Å²) in [5, 5.41) is 7.91. The number of aryl methyl sites for hydroxylation is 1. The van der Waals surface area contributed by atoms with Crippen molar-refractivity contribution in [2.75, 3.05) is 0 Å². The van der Waals surface area contributed by atoms with Crippen LogP contribution in [-0.4, -0.2) is 19.7 Å². The van der Waals surface area contributed by atoms with Gasteiger partial charge in [-0.05, 0) is 48.5 Å². The molecule has 1 N–H and O–H groups in total. The average Bonchev–Trinajstić information content (AvgIpc) is 2.89. The molecule has 0 fully saturated rings. The Morgan fingerprint density at radius 2 is 1.81 bits per heavy atom. The molecule has 0 unspecified atom stereocenters. The smallest absolute Gasteiger partial charge is 0.195 e. The topological polar surface area (TPSA) is 46.5 Å². The van der Waals surface area contributed by atoms with Gasteiger partial charge in [0.2, 0.25) is 0 Å². The maximum absolute atomic E-state index is 5.90. The standard InChI is InChI=1S/C15H13ClN4S/c16-13-3-1-11(2-4-13)7-10-20-14(18-19-15(20)21)12-5-8-17-9-6-12/h1-6,8-9H,7,10H2,(H,19,21). The average molecular weight is 317 g/mol. The summed E-state index contributed by atoms with van der Waals surface area (Å²) < 4.78 is 2.62. The second-order valence-electron chi connectivity index (χ2n) is 4.62. The number of pyridine rings is 1. The lowest BCUT2D eigenvalue weighted by molar-refractivity contribution is 0.691. The predicted octanol–water partition coefficient (Wildman–Crippen LogP) is 3.90. The molecule has 0 atom stereocenters. The Morgan fingerprint density at radius 1 is 1.10 bits per heavy atom. The summed E-state index contributed by atoms with van der Waals surface area (Å²) in [6, 6.07) is 11.7. The number of halogens is 1. The van der Waals surface area contributed by atoms with Gasteiger partial charge in [0.05, 0.1) is 0 Å². The molecule has 4 nitrogen and oxygen atoms in total. The van der Waals surface area contributed by atoms with Crippen LogP contribution in [0.1, 0.15) is 5.56 Å². The van der Waals surface area contributed by atoms with Crippen LogP contribution in [0.5, 0.6) is 0 Å². The van der Waals surface area contributed by atoms with E-state index in [0.717, 1.165) is 29.4 Å². The fourth-order valence-electron chi connectivity index (χ4n) is 2.14. The Labute approximate surface area is 132 Å². The highest BCUT2D eigenvalue weighted by molar-refractivity contribution is 7.71. The van der Waals surface area contributed by atoms with Gasteiger partial charge in [0.1, 0.15) is 0 Å². The molecule has 0 aliphatic carbocycles. The summed E-state index contributed by atoms with van der Waals surface area (Å²) in [6.07, 6.45) is 4.36. The van der Waals surface area contributed by atoms with Crippen LogP contribution in [0.15, 0.2) is 48.8 Å². The first kappa shape index (κ1) is 14.0. The zero-order chi connectivity index (χ0) is 14.7. The van der Waals surface area contributed by atoms with E-state index >= 15 is 0 Å². The Morgan fingerprint density at radius 3 is 2.52 bits per heavy atom. The summed E-state index contributed by atoms with van der Waals surface area (Å²) in [6.45, 7) is 0.759. The lowest BCUT2D eigenvalue weighted by Gasteiger charge is -2.07. The Bertz CT molecular complexity index is 777. The number of hydrogen-bond donors (Lipinski definition) is 1. The highest BCUT2D eigenvalue weighted by atomic mass is 35.5. The van der Waals surface area contributed by atoms with E-state index in [2.05, 4.69) is 15.2 Å². The summed E-state index contributed by atoms with van der Waals surface area (Å²) in [4.78, 5) is 4.02. The maximum atomic E-state index is 5.90. The van der Waals surface area contributed by atoms with Crippen molar-refractivity contribution in [3.8, 4) is 11.4 Å². The third-order valence-electron chi connectivity index (χ3n) is 3.23. The lowest BCUT2D eigenvalue weighted by Crippen LogP contribution is -2.04. The highest BCUT2D eigenvalue weighted by Gasteiger charge is 2.08. The monoisotopic (exact) mass is 316 g/mol. The van der Waals surface area contributed by atoms with E-state index in [1.807, 2.05) is 41.0 Å². The molecule has 1 aromatic carbocycles. The van der Waals surface area contributed by atoms with E-state index in [9.17, 15) is 0 Å². The molecule has 0 aliphatic rings. The molecule has 2 aromatic heterocycles. The van der Waals surface area contributed by atoms with Gasteiger partial charge in [0.25, 0.3) is 0 Å². The number of nitrogens with one attached hydrogen (secondary N) is 1. The summed E-state index contributed by atoms with van der Waals surface area (Å²) >= 11 is 11.2. The van der Waals surface area contributed by atoms with E-state index in [1.54, 1.807) is 12.4 Å². The minimum Gasteiger partial charge on any atom is -0.300 e. The SMILES string of the molecule is S=c1[nH]nc(-c2ccncc2)n1CCc1ccc(Cl)cc1. The Kier molecular flexibility index (Phi) is 4.13. The van der Waals surface area contributed by atoms with Crippen LogP contribution in [0, 0.1) is 4.77 Å². The van der Waals surface area contributed by atoms with Gasteiger partial charge in [0.15, 0.2) is 10.6 Å². The van der Waals surface area contributed by atoms with E-state index < -0.39 is 0 Å². The summed E-state index contributed by atoms with van der Waals surface area (Å²) in [5.41, 5.74) is 2.21. The first-order chi connectivity index (χ1) is 10.2. The van der Waals surface area contributed by atoms with Crippen LogP contribution in [0.2, 0.25) is 5.02 Å². The summed E-state index contributed by atoms with van der Waals surface area (Å²) in [5.74, 6) is 0.830.